The minimum atomic E-state index is -0.334. The summed E-state index contributed by atoms with van der Waals surface area (Å²) >= 11 is 1.71. The van der Waals surface area contributed by atoms with Gasteiger partial charge in [0.1, 0.15) is 5.75 Å². The highest BCUT2D eigenvalue weighted by atomic mass is 32.1. The molecule has 2 heterocycles. The third-order valence-corrected chi connectivity index (χ3v) is 3.95. The zero-order valence-electron chi connectivity index (χ0n) is 10.7. The molecule has 0 unspecified atom stereocenters. The Labute approximate surface area is 111 Å². The normalized spacial score (nSPS) is 18.5. The van der Waals surface area contributed by atoms with Crippen LogP contribution in [0.1, 0.15) is 13.8 Å². The number of methoxy groups -OCH3 is 1. The Morgan fingerprint density at radius 1 is 1.39 bits per heavy atom. The molecule has 0 radical (unpaired) electrons. The van der Waals surface area contributed by atoms with Gasteiger partial charge in [-0.25, -0.2) is 0 Å². The van der Waals surface area contributed by atoms with Crippen molar-refractivity contribution in [3.63, 3.8) is 0 Å². The molecule has 0 spiro atoms. The molecule has 3 nitrogen and oxygen atoms in total. The van der Waals surface area contributed by atoms with Crippen molar-refractivity contribution >= 4 is 34.0 Å². The van der Waals surface area contributed by atoms with Gasteiger partial charge in [-0.2, -0.15) is 0 Å². The van der Waals surface area contributed by atoms with Crippen LogP contribution >= 0.6 is 11.3 Å². The van der Waals surface area contributed by atoms with Crippen molar-refractivity contribution in [2.24, 2.45) is 0 Å². The largest absolute Gasteiger partial charge is 0.498 e. The van der Waals surface area contributed by atoms with Gasteiger partial charge in [0.05, 0.1) is 19.3 Å². The summed E-state index contributed by atoms with van der Waals surface area (Å²) in [6, 6.07) is 6.24. The van der Waals surface area contributed by atoms with E-state index in [1.165, 1.54) is 10.1 Å². The average Bonchev–Trinajstić information content (AvgIpc) is 2.92. The van der Waals surface area contributed by atoms with Gasteiger partial charge in [-0.05, 0) is 36.7 Å². The molecule has 1 aromatic heterocycles. The molecule has 0 atom stereocenters. The molecule has 1 aliphatic heterocycles. The first kappa shape index (κ1) is 12.0. The van der Waals surface area contributed by atoms with E-state index in [9.17, 15) is 0 Å². The first-order valence-corrected chi connectivity index (χ1v) is 6.81. The lowest BCUT2D eigenvalue weighted by atomic mass is 9.78. The molecule has 5 heteroatoms. The fourth-order valence-corrected chi connectivity index (χ4v) is 2.96. The van der Waals surface area contributed by atoms with Crippen molar-refractivity contribution in [3.8, 4) is 5.75 Å². The van der Waals surface area contributed by atoms with E-state index < -0.39 is 0 Å². The van der Waals surface area contributed by atoms with Crippen LogP contribution in [0.4, 0.5) is 0 Å². The van der Waals surface area contributed by atoms with Crippen molar-refractivity contribution in [1.29, 1.82) is 0 Å². The van der Waals surface area contributed by atoms with Crippen LogP contribution in [0, 0.1) is 0 Å². The highest BCUT2D eigenvalue weighted by Crippen LogP contribution is 2.27. The zero-order chi connectivity index (χ0) is 12.8. The number of hydrogen-bond donors (Lipinski definition) is 0. The molecular formula is C13H15BO3S. The molecule has 1 aromatic carbocycles. The van der Waals surface area contributed by atoms with Gasteiger partial charge < -0.3 is 14.0 Å². The van der Waals surface area contributed by atoms with Gasteiger partial charge in [-0.15, -0.1) is 11.3 Å². The first-order chi connectivity index (χ1) is 8.59. The van der Waals surface area contributed by atoms with E-state index in [1.54, 1.807) is 18.4 Å². The second-order valence-corrected chi connectivity index (χ2v) is 6.02. The number of rotatable bonds is 2. The van der Waals surface area contributed by atoms with Crippen LogP contribution in [-0.2, 0) is 9.31 Å². The zero-order valence-corrected chi connectivity index (χ0v) is 11.5. The smallest absolute Gasteiger partial charge is 0.497 e. The Hall–Kier alpha value is -1.04. The van der Waals surface area contributed by atoms with Crippen LogP contribution in [-0.4, -0.2) is 26.4 Å². The Morgan fingerprint density at radius 2 is 2.22 bits per heavy atom. The first-order valence-electron chi connectivity index (χ1n) is 5.94. The Bertz CT molecular complexity index is 579. The third kappa shape index (κ3) is 2.02. The summed E-state index contributed by atoms with van der Waals surface area (Å²) in [6.45, 7) is 4.66. The number of ether oxygens (including phenoxy) is 1. The number of benzene rings is 1. The summed E-state index contributed by atoms with van der Waals surface area (Å²) < 4.78 is 18.3. The summed E-state index contributed by atoms with van der Waals surface area (Å²) in [4.78, 5) is 0. The van der Waals surface area contributed by atoms with Crippen LogP contribution in [0.2, 0.25) is 0 Å². The average molecular weight is 262 g/mol. The van der Waals surface area contributed by atoms with E-state index in [-0.39, 0.29) is 12.7 Å². The predicted octanol–water partition coefficient (Wildman–Crippen LogP) is 2.43. The van der Waals surface area contributed by atoms with Crippen molar-refractivity contribution in [2.75, 3.05) is 13.7 Å². The summed E-state index contributed by atoms with van der Waals surface area (Å²) in [6.07, 6.45) is 0. The van der Waals surface area contributed by atoms with Crippen LogP contribution in [0.25, 0.3) is 10.1 Å². The maximum absolute atomic E-state index is 5.90. The molecule has 18 heavy (non-hydrogen) atoms. The number of hydrogen-bond acceptors (Lipinski definition) is 4. The monoisotopic (exact) mass is 262 g/mol. The summed E-state index contributed by atoms with van der Waals surface area (Å²) in [5.74, 6) is 0.827. The van der Waals surface area contributed by atoms with Gasteiger partial charge in [-0.1, -0.05) is 6.07 Å². The molecule has 1 saturated heterocycles. The Kier molecular flexibility index (Phi) is 2.85. The fourth-order valence-electron chi connectivity index (χ4n) is 2.16. The molecule has 0 amide bonds. The van der Waals surface area contributed by atoms with Crippen molar-refractivity contribution < 1.29 is 14.0 Å². The second-order valence-electron chi connectivity index (χ2n) is 5.07. The van der Waals surface area contributed by atoms with Gasteiger partial charge in [0.2, 0.25) is 0 Å². The minimum Gasteiger partial charge on any atom is -0.497 e. The van der Waals surface area contributed by atoms with Gasteiger partial charge in [0.15, 0.2) is 0 Å². The molecule has 0 bridgehead atoms. The lowest BCUT2D eigenvalue weighted by Crippen LogP contribution is -2.35. The molecule has 0 saturated carbocycles. The van der Waals surface area contributed by atoms with E-state index in [2.05, 4.69) is 17.5 Å². The lowest BCUT2D eigenvalue weighted by molar-refractivity contribution is 0.137. The van der Waals surface area contributed by atoms with Gasteiger partial charge in [0.25, 0.3) is 0 Å². The summed E-state index contributed by atoms with van der Waals surface area (Å²) in [5, 5.41) is 3.28. The second kappa shape index (κ2) is 4.26. The summed E-state index contributed by atoms with van der Waals surface area (Å²) in [7, 11) is 1.34. The molecular weight excluding hydrogens is 247 g/mol. The number of thiophene rings is 1. The van der Waals surface area contributed by atoms with Gasteiger partial charge in [0, 0.05) is 10.2 Å². The van der Waals surface area contributed by atoms with Crippen LogP contribution < -0.4 is 10.2 Å². The van der Waals surface area contributed by atoms with E-state index >= 15 is 0 Å². The summed E-state index contributed by atoms with van der Waals surface area (Å²) in [5.41, 5.74) is 0.730. The molecule has 0 aliphatic carbocycles. The third-order valence-electron chi connectivity index (χ3n) is 3.07. The van der Waals surface area contributed by atoms with Crippen LogP contribution in [0.5, 0.6) is 5.75 Å². The fraction of sp³-hybridized carbons (Fsp3) is 0.385. The molecule has 2 aromatic rings. The van der Waals surface area contributed by atoms with E-state index in [1.807, 2.05) is 19.9 Å². The number of fused-ring (bicyclic) bond motifs is 1. The maximum Gasteiger partial charge on any atom is 0.498 e. The highest BCUT2D eigenvalue weighted by molar-refractivity contribution is 7.17. The molecule has 94 valence electrons. The molecule has 1 aliphatic rings. The maximum atomic E-state index is 5.90. The minimum absolute atomic E-state index is 0.237. The van der Waals surface area contributed by atoms with Crippen molar-refractivity contribution in [1.82, 2.24) is 0 Å². The molecule has 0 N–H and O–H groups in total. The quantitative estimate of drug-likeness (QED) is 0.778. The van der Waals surface area contributed by atoms with Gasteiger partial charge in [-0.3, -0.25) is 0 Å². The Morgan fingerprint density at radius 3 is 2.89 bits per heavy atom. The lowest BCUT2D eigenvalue weighted by Gasteiger charge is -2.16. The molecule has 1 fully saturated rings. The van der Waals surface area contributed by atoms with Crippen LogP contribution in [0.15, 0.2) is 23.6 Å². The van der Waals surface area contributed by atoms with E-state index in [0.29, 0.717) is 6.61 Å². The topological polar surface area (TPSA) is 27.7 Å². The van der Waals surface area contributed by atoms with Gasteiger partial charge >= 0.3 is 7.12 Å². The SMILES string of the molecule is COc1cc2sccc2cc1B1OCC(C)(C)O1. The van der Waals surface area contributed by atoms with Crippen molar-refractivity contribution in [3.05, 3.63) is 23.6 Å². The standard InChI is InChI=1S/C13H15BO3S/c1-13(2)8-16-14(17-13)10-6-9-4-5-18-12(9)7-11(10)15-3/h4-7H,8H2,1-3H3. The molecule has 3 rings (SSSR count). The Balaban J connectivity index is 2.04. The predicted molar refractivity (Wildman–Crippen MR) is 74.9 cm³/mol. The highest BCUT2D eigenvalue weighted by Gasteiger charge is 2.39. The van der Waals surface area contributed by atoms with Crippen molar-refractivity contribution in [2.45, 2.75) is 19.4 Å². The van der Waals surface area contributed by atoms with Crippen LogP contribution in [0.3, 0.4) is 0 Å². The van der Waals surface area contributed by atoms with E-state index in [4.69, 9.17) is 14.0 Å². The van der Waals surface area contributed by atoms with E-state index in [0.717, 1.165) is 11.2 Å².